The van der Waals surface area contributed by atoms with E-state index in [-0.39, 0.29) is 18.3 Å². The van der Waals surface area contributed by atoms with Crippen LogP contribution in [0, 0.1) is 0 Å². The fraction of sp³-hybridized carbons (Fsp3) is 0.800. The largest absolute Gasteiger partial charge is 0.466 e. The lowest BCUT2D eigenvalue weighted by molar-refractivity contribution is -0.244. The smallest absolute Gasteiger partial charge is 0.349 e. The number of hydrogen-bond acceptors (Lipinski definition) is 5. The fourth-order valence-electron chi connectivity index (χ4n) is 2.23. The number of ether oxygens (including phenoxy) is 3. The first kappa shape index (κ1) is 10.6. The molecule has 0 aliphatic carbocycles. The predicted octanol–water partition coefficient (Wildman–Crippen LogP) is 0.0650. The van der Waals surface area contributed by atoms with Gasteiger partial charge in [0.2, 0.25) is 0 Å². The molecule has 5 heteroatoms. The SMILES string of the molecule is COC(=O)C12OC(COC1(C)C)CC2=O. The Labute approximate surface area is 87.7 Å². The van der Waals surface area contributed by atoms with Gasteiger partial charge in [-0.2, -0.15) is 0 Å². The van der Waals surface area contributed by atoms with Gasteiger partial charge in [-0.3, -0.25) is 4.79 Å². The molecule has 0 spiro atoms. The standard InChI is InChI=1S/C10H14O5/c1-9(2)10(8(12)13-3)7(11)4-6(15-10)5-14-9/h6H,4-5H2,1-3H3. The van der Waals surface area contributed by atoms with Crippen LogP contribution in [0.1, 0.15) is 20.3 Å². The molecule has 0 N–H and O–H groups in total. The van der Waals surface area contributed by atoms with Crippen LogP contribution < -0.4 is 0 Å². The molecular formula is C10H14O5. The minimum absolute atomic E-state index is 0.221. The molecule has 0 radical (unpaired) electrons. The Balaban J connectivity index is 2.47. The molecular weight excluding hydrogens is 200 g/mol. The van der Waals surface area contributed by atoms with Crippen molar-refractivity contribution in [2.45, 2.75) is 37.6 Å². The third-order valence-electron chi connectivity index (χ3n) is 3.10. The van der Waals surface area contributed by atoms with Crippen LogP contribution in [0.3, 0.4) is 0 Å². The molecule has 0 aromatic rings. The Morgan fingerprint density at radius 1 is 1.53 bits per heavy atom. The first-order valence-electron chi connectivity index (χ1n) is 4.87. The molecule has 0 aromatic carbocycles. The van der Waals surface area contributed by atoms with E-state index in [1.165, 1.54) is 7.11 Å². The van der Waals surface area contributed by atoms with E-state index in [0.29, 0.717) is 6.61 Å². The highest BCUT2D eigenvalue weighted by molar-refractivity contribution is 6.10. The minimum atomic E-state index is -1.56. The van der Waals surface area contributed by atoms with Gasteiger partial charge in [0, 0.05) is 6.42 Å². The molecule has 0 saturated carbocycles. The summed E-state index contributed by atoms with van der Waals surface area (Å²) in [7, 11) is 1.24. The van der Waals surface area contributed by atoms with Gasteiger partial charge in [0.15, 0.2) is 5.78 Å². The van der Waals surface area contributed by atoms with E-state index in [0.717, 1.165) is 0 Å². The van der Waals surface area contributed by atoms with Crippen LogP contribution in [0.5, 0.6) is 0 Å². The lowest BCUT2D eigenvalue weighted by Gasteiger charge is -2.42. The summed E-state index contributed by atoms with van der Waals surface area (Å²) >= 11 is 0. The number of esters is 1. The van der Waals surface area contributed by atoms with Crippen LogP contribution in [0.4, 0.5) is 0 Å². The van der Waals surface area contributed by atoms with E-state index in [4.69, 9.17) is 9.47 Å². The van der Waals surface area contributed by atoms with Gasteiger partial charge in [-0.15, -0.1) is 0 Å². The van der Waals surface area contributed by atoms with Gasteiger partial charge in [0.05, 0.1) is 19.8 Å². The zero-order valence-electron chi connectivity index (χ0n) is 9.03. The molecule has 2 atom stereocenters. The van der Waals surface area contributed by atoms with Crippen LogP contribution in [0.25, 0.3) is 0 Å². The van der Waals surface area contributed by atoms with Crippen molar-refractivity contribution in [3.8, 4) is 0 Å². The number of hydrogen-bond donors (Lipinski definition) is 0. The molecule has 2 unspecified atom stereocenters. The topological polar surface area (TPSA) is 61.8 Å². The second-order valence-electron chi connectivity index (χ2n) is 4.36. The molecule has 5 nitrogen and oxygen atoms in total. The highest BCUT2D eigenvalue weighted by Gasteiger charge is 2.67. The highest BCUT2D eigenvalue weighted by Crippen LogP contribution is 2.43. The second-order valence-corrected chi connectivity index (χ2v) is 4.36. The number of ketones is 1. The van der Waals surface area contributed by atoms with Gasteiger partial charge in [0.25, 0.3) is 5.60 Å². The molecule has 0 amide bonds. The van der Waals surface area contributed by atoms with Crippen molar-refractivity contribution in [3.05, 3.63) is 0 Å². The molecule has 0 aromatic heterocycles. The normalized spacial score (nSPS) is 37.8. The number of Topliss-reactive ketones (excluding diaryl/α,β-unsaturated/α-hetero) is 1. The first-order chi connectivity index (χ1) is 6.94. The first-order valence-corrected chi connectivity index (χ1v) is 4.87. The molecule has 2 aliphatic rings. The zero-order valence-corrected chi connectivity index (χ0v) is 9.03. The quantitative estimate of drug-likeness (QED) is 0.456. The maximum Gasteiger partial charge on any atom is 0.349 e. The number of fused-ring (bicyclic) bond motifs is 2. The average Bonchev–Trinajstić information content (AvgIpc) is 2.48. The summed E-state index contributed by atoms with van der Waals surface area (Å²) < 4.78 is 15.7. The minimum Gasteiger partial charge on any atom is -0.466 e. The van der Waals surface area contributed by atoms with Crippen molar-refractivity contribution in [3.63, 3.8) is 0 Å². The molecule has 15 heavy (non-hydrogen) atoms. The Kier molecular flexibility index (Phi) is 2.13. The second kappa shape index (κ2) is 3.02. The van der Waals surface area contributed by atoms with E-state index >= 15 is 0 Å². The number of carbonyl (C=O) groups is 2. The average molecular weight is 214 g/mol. The summed E-state index contributed by atoms with van der Waals surface area (Å²) in [6, 6.07) is 0. The summed E-state index contributed by atoms with van der Waals surface area (Å²) in [5, 5.41) is 0. The molecule has 84 valence electrons. The van der Waals surface area contributed by atoms with E-state index in [2.05, 4.69) is 4.74 Å². The molecule has 2 fully saturated rings. The Morgan fingerprint density at radius 3 is 2.80 bits per heavy atom. The van der Waals surface area contributed by atoms with E-state index in [1.54, 1.807) is 13.8 Å². The number of carbonyl (C=O) groups excluding carboxylic acids is 2. The lowest BCUT2D eigenvalue weighted by atomic mass is 9.82. The monoisotopic (exact) mass is 214 g/mol. The van der Waals surface area contributed by atoms with Crippen molar-refractivity contribution in [1.29, 1.82) is 0 Å². The Morgan fingerprint density at radius 2 is 2.20 bits per heavy atom. The summed E-state index contributed by atoms with van der Waals surface area (Å²) in [6.45, 7) is 3.68. The van der Waals surface area contributed by atoms with E-state index in [1.807, 2.05) is 0 Å². The Bertz CT molecular complexity index is 312. The fourth-order valence-corrected chi connectivity index (χ4v) is 2.23. The van der Waals surface area contributed by atoms with Gasteiger partial charge in [-0.1, -0.05) is 0 Å². The highest BCUT2D eigenvalue weighted by atomic mass is 16.6. The van der Waals surface area contributed by atoms with Crippen molar-refractivity contribution in [1.82, 2.24) is 0 Å². The third-order valence-corrected chi connectivity index (χ3v) is 3.10. The van der Waals surface area contributed by atoms with Crippen LogP contribution in [0.15, 0.2) is 0 Å². The van der Waals surface area contributed by atoms with Gasteiger partial charge in [-0.05, 0) is 13.8 Å². The summed E-state index contributed by atoms with van der Waals surface area (Å²) in [6.07, 6.45) is -0.0944. The van der Waals surface area contributed by atoms with Crippen molar-refractivity contribution in [2.75, 3.05) is 13.7 Å². The Hall–Kier alpha value is -0.940. The van der Waals surface area contributed by atoms with Crippen molar-refractivity contribution in [2.24, 2.45) is 0 Å². The predicted molar refractivity (Wildman–Crippen MR) is 49.3 cm³/mol. The van der Waals surface area contributed by atoms with Crippen LogP contribution in [0.2, 0.25) is 0 Å². The maximum atomic E-state index is 11.9. The van der Waals surface area contributed by atoms with Gasteiger partial charge in [0.1, 0.15) is 5.60 Å². The summed E-state index contributed by atoms with van der Waals surface area (Å²) in [4.78, 5) is 23.6. The van der Waals surface area contributed by atoms with Gasteiger partial charge < -0.3 is 14.2 Å². The van der Waals surface area contributed by atoms with Gasteiger partial charge >= 0.3 is 5.97 Å². The maximum absolute atomic E-state index is 11.9. The van der Waals surface area contributed by atoms with Crippen molar-refractivity contribution < 1.29 is 23.8 Å². The number of rotatable bonds is 1. The van der Waals surface area contributed by atoms with E-state index < -0.39 is 17.2 Å². The lowest BCUT2D eigenvalue weighted by Crippen LogP contribution is -2.64. The van der Waals surface area contributed by atoms with Crippen LogP contribution in [-0.4, -0.2) is 42.8 Å². The molecule has 2 rings (SSSR count). The summed E-state index contributed by atoms with van der Waals surface area (Å²) in [5.41, 5.74) is -2.53. The van der Waals surface area contributed by atoms with E-state index in [9.17, 15) is 9.59 Å². The summed E-state index contributed by atoms with van der Waals surface area (Å²) in [5.74, 6) is -0.915. The zero-order chi connectivity index (χ0) is 11.3. The van der Waals surface area contributed by atoms with Crippen LogP contribution >= 0.6 is 0 Å². The number of methoxy groups -OCH3 is 1. The molecule has 2 saturated heterocycles. The molecule has 2 aliphatic heterocycles. The third kappa shape index (κ3) is 1.16. The molecule has 2 bridgehead atoms. The van der Waals surface area contributed by atoms with Crippen LogP contribution in [-0.2, 0) is 23.8 Å². The molecule has 2 heterocycles. The van der Waals surface area contributed by atoms with Gasteiger partial charge in [-0.25, -0.2) is 4.79 Å². The van der Waals surface area contributed by atoms with Crippen molar-refractivity contribution >= 4 is 11.8 Å².